The molecular weight excluding hydrogens is 330 g/mol. The van der Waals surface area contributed by atoms with Crippen LogP contribution in [0.1, 0.15) is 5.69 Å². The molecule has 0 aliphatic rings. The summed E-state index contributed by atoms with van der Waals surface area (Å²) in [5.74, 6) is -1.48. The normalized spacial score (nSPS) is 10.0. The molecule has 1 aromatic heterocycles. The molecule has 0 radical (unpaired) electrons. The number of rotatable bonds is 2. The van der Waals surface area contributed by atoms with Gasteiger partial charge in [-0.1, -0.05) is 12.1 Å². The lowest BCUT2D eigenvalue weighted by Gasteiger charge is -2.06. The maximum absolute atomic E-state index is 11.7. The van der Waals surface area contributed by atoms with Crippen LogP contribution in [-0.2, 0) is 9.59 Å². The molecule has 0 atom stereocenters. The zero-order chi connectivity index (χ0) is 13.8. The number of benzene rings is 1. The lowest BCUT2D eigenvalue weighted by Crippen LogP contribution is -2.29. The van der Waals surface area contributed by atoms with Crippen LogP contribution < -0.4 is 10.6 Å². The van der Waals surface area contributed by atoms with Crippen molar-refractivity contribution in [1.29, 1.82) is 0 Å². The van der Waals surface area contributed by atoms with Gasteiger partial charge in [-0.2, -0.15) is 0 Å². The van der Waals surface area contributed by atoms with Gasteiger partial charge in [0.1, 0.15) is 0 Å². The minimum Gasteiger partial charge on any atom is -0.317 e. The van der Waals surface area contributed by atoms with Gasteiger partial charge in [-0.15, -0.1) is 11.3 Å². The number of nitrogens with one attached hydrogen (secondary N) is 2. The molecule has 0 fully saturated rings. The Kier molecular flexibility index (Phi) is 4.28. The zero-order valence-electron chi connectivity index (χ0n) is 9.94. The highest BCUT2D eigenvalue weighted by molar-refractivity contribution is 9.10. The number of para-hydroxylation sites is 1. The lowest BCUT2D eigenvalue weighted by molar-refractivity contribution is -0.133. The Balaban J connectivity index is 2.00. The van der Waals surface area contributed by atoms with Gasteiger partial charge in [0.15, 0.2) is 5.13 Å². The van der Waals surface area contributed by atoms with Crippen LogP contribution in [0, 0.1) is 6.92 Å². The number of carbonyl (C=O) groups excluding carboxylic acids is 2. The van der Waals surface area contributed by atoms with E-state index < -0.39 is 11.8 Å². The quantitative estimate of drug-likeness (QED) is 0.826. The fourth-order valence-corrected chi connectivity index (χ4v) is 2.37. The fraction of sp³-hybridized carbons (Fsp3) is 0.0833. The molecule has 5 nitrogen and oxygen atoms in total. The average molecular weight is 340 g/mol. The van der Waals surface area contributed by atoms with Crippen LogP contribution in [0.5, 0.6) is 0 Å². The van der Waals surface area contributed by atoms with Crippen LogP contribution in [0.15, 0.2) is 34.1 Å². The molecule has 0 bridgehead atoms. The second kappa shape index (κ2) is 5.94. The van der Waals surface area contributed by atoms with E-state index in [0.717, 1.165) is 5.69 Å². The number of hydrogen-bond donors (Lipinski definition) is 2. The second-order valence-electron chi connectivity index (χ2n) is 3.68. The SMILES string of the molecule is Cc1csc(NC(=O)C(=O)Nc2ccccc2Br)n1. The molecule has 1 heterocycles. The number of amides is 2. The highest BCUT2D eigenvalue weighted by Gasteiger charge is 2.16. The Hall–Kier alpha value is -1.73. The number of halogens is 1. The molecule has 2 amide bonds. The number of aryl methyl sites for hydroxylation is 1. The van der Waals surface area contributed by atoms with E-state index in [2.05, 4.69) is 31.5 Å². The maximum Gasteiger partial charge on any atom is 0.315 e. The molecule has 0 saturated carbocycles. The van der Waals surface area contributed by atoms with Crippen molar-refractivity contribution >= 4 is 49.9 Å². The summed E-state index contributed by atoms with van der Waals surface area (Å²) in [6.45, 7) is 1.81. The first-order valence-corrected chi connectivity index (χ1v) is 7.02. The molecule has 0 saturated heterocycles. The van der Waals surface area contributed by atoms with Crippen molar-refractivity contribution in [3.8, 4) is 0 Å². The average Bonchev–Trinajstić information content (AvgIpc) is 2.77. The first-order valence-electron chi connectivity index (χ1n) is 5.35. The minimum atomic E-state index is -0.745. The summed E-state index contributed by atoms with van der Waals surface area (Å²) >= 11 is 4.56. The van der Waals surface area contributed by atoms with E-state index in [1.54, 1.807) is 23.6 Å². The number of carbonyl (C=O) groups is 2. The summed E-state index contributed by atoms with van der Waals surface area (Å²) < 4.78 is 0.709. The van der Waals surface area contributed by atoms with Gasteiger partial charge in [0.2, 0.25) is 0 Å². The first kappa shape index (κ1) is 13.7. The Morgan fingerprint density at radius 3 is 2.53 bits per heavy atom. The van der Waals surface area contributed by atoms with Gasteiger partial charge in [0.25, 0.3) is 0 Å². The summed E-state index contributed by atoms with van der Waals surface area (Å²) in [4.78, 5) is 27.4. The Bertz CT molecular complexity index is 627. The number of aromatic nitrogens is 1. The van der Waals surface area contributed by atoms with E-state index in [-0.39, 0.29) is 0 Å². The van der Waals surface area contributed by atoms with Crippen LogP contribution in [-0.4, -0.2) is 16.8 Å². The van der Waals surface area contributed by atoms with Crippen molar-refractivity contribution in [2.45, 2.75) is 6.92 Å². The maximum atomic E-state index is 11.7. The number of nitrogens with zero attached hydrogens (tertiary/aromatic N) is 1. The molecule has 2 rings (SSSR count). The summed E-state index contributed by atoms with van der Waals surface area (Å²) in [5.41, 5.74) is 1.34. The Morgan fingerprint density at radius 1 is 1.21 bits per heavy atom. The summed E-state index contributed by atoms with van der Waals surface area (Å²) in [7, 11) is 0. The van der Waals surface area contributed by atoms with Crippen LogP contribution >= 0.6 is 27.3 Å². The third kappa shape index (κ3) is 3.62. The molecule has 1 aromatic carbocycles. The number of thiazole rings is 1. The van der Waals surface area contributed by atoms with Crippen molar-refractivity contribution in [2.24, 2.45) is 0 Å². The van der Waals surface area contributed by atoms with E-state index >= 15 is 0 Å². The van der Waals surface area contributed by atoms with Crippen molar-refractivity contribution in [1.82, 2.24) is 4.98 Å². The van der Waals surface area contributed by atoms with E-state index in [1.165, 1.54) is 11.3 Å². The monoisotopic (exact) mass is 339 g/mol. The molecule has 98 valence electrons. The Labute approximate surface area is 122 Å². The first-order chi connectivity index (χ1) is 9.06. The summed E-state index contributed by atoms with van der Waals surface area (Å²) in [6, 6.07) is 7.06. The third-order valence-corrected chi connectivity index (χ3v) is 3.73. The van der Waals surface area contributed by atoms with Gasteiger partial charge in [-0.25, -0.2) is 4.98 Å². The molecule has 0 aliphatic heterocycles. The summed E-state index contributed by atoms with van der Waals surface area (Å²) in [5, 5.41) is 7.16. The topological polar surface area (TPSA) is 71.1 Å². The third-order valence-electron chi connectivity index (χ3n) is 2.17. The molecule has 0 aliphatic carbocycles. The van der Waals surface area contributed by atoms with Crippen molar-refractivity contribution in [3.05, 3.63) is 39.8 Å². The lowest BCUT2D eigenvalue weighted by atomic mass is 10.3. The van der Waals surface area contributed by atoms with Crippen molar-refractivity contribution < 1.29 is 9.59 Å². The Morgan fingerprint density at radius 2 is 1.89 bits per heavy atom. The van der Waals surface area contributed by atoms with E-state index in [4.69, 9.17) is 0 Å². The van der Waals surface area contributed by atoms with Gasteiger partial charge in [-0.3, -0.25) is 14.9 Å². The van der Waals surface area contributed by atoms with Gasteiger partial charge < -0.3 is 5.32 Å². The number of anilines is 2. The van der Waals surface area contributed by atoms with Crippen LogP contribution in [0.4, 0.5) is 10.8 Å². The fourth-order valence-electron chi connectivity index (χ4n) is 1.31. The van der Waals surface area contributed by atoms with E-state index in [9.17, 15) is 9.59 Å². The molecule has 2 aromatic rings. The predicted molar refractivity (Wildman–Crippen MR) is 78.3 cm³/mol. The van der Waals surface area contributed by atoms with E-state index in [0.29, 0.717) is 15.3 Å². The van der Waals surface area contributed by atoms with Crippen molar-refractivity contribution in [2.75, 3.05) is 10.6 Å². The number of hydrogen-bond acceptors (Lipinski definition) is 4. The van der Waals surface area contributed by atoms with Gasteiger partial charge in [0.05, 0.1) is 11.4 Å². The largest absolute Gasteiger partial charge is 0.317 e. The van der Waals surface area contributed by atoms with Crippen LogP contribution in [0.25, 0.3) is 0 Å². The second-order valence-corrected chi connectivity index (χ2v) is 5.39. The summed E-state index contributed by atoms with van der Waals surface area (Å²) in [6.07, 6.45) is 0. The highest BCUT2D eigenvalue weighted by Crippen LogP contribution is 2.21. The predicted octanol–water partition coefficient (Wildman–Crippen LogP) is 2.79. The van der Waals surface area contributed by atoms with Gasteiger partial charge in [0, 0.05) is 9.85 Å². The molecule has 0 unspecified atom stereocenters. The molecular formula is C12H10BrN3O2S. The van der Waals surface area contributed by atoms with Crippen LogP contribution in [0.2, 0.25) is 0 Å². The van der Waals surface area contributed by atoms with E-state index in [1.807, 2.05) is 13.0 Å². The van der Waals surface area contributed by atoms with Gasteiger partial charge in [-0.05, 0) is 35.0 Å². The minimum absolute atomic E-state index is 0.407. The van der Waals surface area contributed by atoms with Crippen LogP contribution in [0.3, 0.4) is 0 Å². The molecule has 0 spiro atoms. The van der Waals surface area contributed by atoms with Gasteiger partial charge >= 0.3 is 11.8 Å². The zero-order valence-corrected chi connectivity index (χ0v) is 12.3. The molecule has 7 heteroatoms. The standard InChI is InChI=1S/C12H10BrN3O2S/c1-7-6-19-12(14-7)16-11(18)10(17)15-9-5-3-2-4-8(9)13/h2-6H,1H3,(H,15,17)(H,14,16,18). The van der Waals surface area contributed by atoms with Crippen molar-refractivity contribution in [3.63, 3.8) is 0 Å². The molecule has 19 heavy (non-hydrogen) atoms. The smallest absolute Gasteiger partial charge is 0.315 e. The molecule has 2 N–H and O–H groups in total. The highest BCUT2D eigenvalue weighted by atomic mass is 79.9.